The van der Waals surface area contributed by atoms with Crippen LogP contribution in [0.3, 0.4) is 0 Å². The van der Waals surface area contributed by atoms with Gasteiger partial charge in [0.1, 0.15) is 23.9 Å². The molecule has 6 N–H and O–H groups in total. The van der Waals surface area contributed by atoms with Crippen LogP contribution in [0.5, 0.6) is 0 Å². The van der Waals surface area contributed by atoms with Crippen LogP contribution in [0.2, 0.25) is 0 Å². The Morgan fingerprint density at radius 1 is 0.812 bits per heavy atom. The molecule has 0 aliphatic heterocycles. The molecule has 32 heavy (non-hydrogen) atoms. The quantitative estimate of drug-likeness (QED) is 0.293. The van der Waals surface area contributed by atoms with Crippen LogP contribution < -0.4 is 0 Å². The molecular weight excluding hydrogens is 436 g/mol. The van der Waals surface area contributed by atoms with E-state index < -0.39 is 77.8 Å². The smallest absolute Gasteiger partial charge is 0.162 e. The van der Waals surface area contributed by atoms with Crippen LogP contribution in [0.1, 0.15) is 24.5 Å². The van der Waals surface area contributed by atoms with Gasteiger partial charge in [-0.3, -0.25) is 0 Å². The molecule has 0 amide bonds. The summed E-state index contributed by atoms with van der Waals surface area (Å²) >= 11 is 0. The van der Waals surface area contributed by atoms with E-state index in [1.54, 1.807) is 0 Å². The highest BCUT2D eigenvalue weighted by atomic mass is 19.2. The van der Waals surface area contributed by atoms with Crippen LogP contribution in [0.15, 0.2) is 36.4 Å². The third kappa shape index (κ3) is 5.11. The molecule has 0 aliphatic rings. The van der Waals surface area contributed by atoms with Crippen molar-refractivity contribution in [3.8, 4) is 0 Å². The molecule has 0 fully saturated rings. The molecule has 0 aromatic heterocycles. The molecule has 2 aromatic rings. The van der Waals surface area contributed by atoms with Crippen molar-refractivity contribution in [3.63, 3.8) is 0 Å². The topological polar surface area (TPSA) is 121 Å². The number of rotatable bonds is 10. The minimum atomic E-state index is -2.94. The summed E-state index contributed by atoms with van der Waals surface area (Å²) in [5.41, 5.74) is -6.22. The Labute approximate surface area is 182 Å². The normalized spacial score (nSPS) is 18.5. The van der Waals surface area contributed by atoms with E-state index in [1.807, 2.05) is 0 Å². The van der Waals surface area contributed by atoms with Gasteiger partial charge in [0.15, 0.2) is 23.3 Å². The van der Waals surface area contributed by atoms with Gasteiger partial charge in [-0.05, 0) is 29.7 Å². The first kappa shape index (κ1) is 26.2. The van der Waals surface area contributed by atoms with Crippen LogP contribution in [0, 0.1) is 23.3 Å². The Kier molecular flexibility index (Phi) is 8.38. The van der Waals surface area contributed by atoms with E-state index >= 15 is 0 Å². The maximum atomic E-state index is 14.2. The Morgan fingerprint density at radius 2 is 1.28 bits per heavy atom. The van der Waals surface area contributed by atoms with Gasteiger partial charge in [-0.2, -0.15) is 0 Å². The summed E-state index contributed by atoms with van der Waals surface area (Å²) < 4.78 is 55.7. The van der Waals surface area contributed by atoms with Gasteiger partial charge in [0.2, 0.25) is 0 Å². The fourth-order valence-corrected chi connectivity index (χ4v) is 3.68. The van der Waals surface area contributed by atoms with E-state index in [9.17, 15) is 48.2 Å². The fourth-order valence-electron chi connectivity index (χ4n) is 3.68. The van der Waals surface area contributed by atoms with Gasteiger partial charge in [-0.1, -0.05) is 31.2 Å². The molecule has 0 heterocycles. The van der Waals surface area contributed by atoms with Crippen LogP contribution in [0.25, 0.3) is 0 Å². The van der Waals surface area contributed by atoms with Crippen LogP contribution in [-0.2, 0) is 12.8 Å². The first-order valence-electron chi connectivity index (χ1n) is 9.86. The molecule has 0 radical (unpaired) electrons. The highest BCUT2D eigenvalue weighted by Crippen LogP contribution is 2.35. The van der Waals surface area contributed by atoms with E-state index in [2.05, 4.69) is 0 Å². The summed E-state index contributed by atoms with van der Waals surface area (Å²) in [6, 6.07) is 6.08. The molecule has 0 bridgehead atoms. The van der Waals surface area contributed by atoms with Gasteiger partial charge in [-0.25, -0.2) is 17.6 Å². The van der Waals surface area contributed by atoms with Crippen molar-refractivity contribution < 1.29 is 48.2 Å². The predicted molar refractivity (Wildman–Crippen MR) is 105 cm³/mol. The van der Waals surface area contributed by atoms with Gasteiger partial charge in [-0.15, -0.1) is 0 Å². The Morgan fingerprint density at radius 3 is 1.72 bits per heavy atom. The van der Waals surface area contributed by atoms with Crippen molar-refractivity contribution in [2.75, 3.05) is 6.61 Å². The Bertz CT molecular complexity index is 929. The van der Waals surface area contributed by atoms with Gasteiger partial charge < -0.3 is 30.6 Å². The number of halogens is 4. The van der Waals surface area contributed by atoms with Crippen LogP contribution in [0.4, 0.5) is 17.6 Å². The minimum absolute atomic E-state index is 0.357. The second kappa shape index (κ2) is 10.2. The maximum absolute atomic E-state index is 14.2. The summed E-state index contributed by atoms with van der Waals surface area (Å²) in [6.07, 6.45) is -8.87. The van der Waals surface area contributed by atoms with Crippen LogP contribution in [-0.4, -0.2) is 66.8 Å². The molecule has 6 nitrogen and oxygen atoms in total. The average Bonchev–Trinajstić information content (AvgIpc) is 2.78. The van der Waals surface area contributed by atoms with Gasteiger partial charge in [0.25, 0.3) is 0 Å². The summed E-state index contributed by atoms with van der Waals surface area (Å²) in [7, 11) is 0. The highest BCUT2D eigenvalue weighted by Gasteiger charge is 2.54. The summed E-state index contributed by atoms with van der Waals surface area (Å²) in [5, 5.41) is 62.8. The Hall–Kier alpha value is -2.08. The molecule has 0 saturated carbocycles. The fraction of sp³-hybridized carbons (Fsp3) is 0.455. The molecule has 0 aliphatic carbocycles. The lowest BCUT2D eigenvalue weighted by atomic mass is 9.72. The summed E-state index contributed by atoms with van der Waals surface area (Å²) in [5.74, 6) is -5.21. The molecule has 2 rings (SSSR count). The number of hydrogen-bond acceptors (Lipinski definition) is 6. The molecular formula is C22H26F4O6. The lowest BCUT2D eigenvalue weighted by molar-refractivity contribution is -0.229. The molecule has 0 spiro atoms. The van der Waals surface area contributed by atoms with Crippen molar-refractivity contribution >= 4 is 0 Å². The second-order valence-corrected chi connectivity index (χ2v) is 7.83. The molecule has 1 unspecified atom stereocenters. The van der Waals surface area contributed by atoms with Gasteiger partial charge >= 0.3 is 0 Å². The Balaban J connectivity index is 2.54. The molecule has 5 atom stereocenters. The monoisotopic (exact) mass is 462 g/mol. The first-order valence-corrected chi connectivity index (χ1v) is 9.86. The van der Waals surface area contributed by atoms with Crippen molar-refractivity contribution in [1.29, 1.82) is 0 Å². The lowest BCUT2D eigenvalue weighted by Gasteiger charge is -2.45. The van der Waals surface area contributed by atoms with Crippen molar-refractivity contribution in [2.45, 2.75) is 55.7 Å². The third-order valence-electron chi connectivity index (χ3n) is 5.69. The maximum Gasteiger partial charge on any atom is 0.162 e. The van der Waals surface area contributed by atoms with E-state index in [1.165, 1.54) is 6.92 Å². The molecule has 178 valence electrons. The van der Waals surface area contributed by atoms with Gasteiger partial charge in [0.05, 0.1) is 12.2 Å². The summed E-state index contributed by atoms with van der Waals surface area (Å²) in [6.45, 7) is 0.267. The lowest BCUT2D eigenvalue weighted by Crippen LogP contribution is -2.66. The zero-order chi connectivity index (χ0) is 24.3. The van der Waals surface area contributed by atoms with E-state index in [-0.39, 0.29) is 12.0 Å². The zero-order valence-electron chi connectivity index (χ0n) is 17.2. The van der Waals surface area contributed by atoms with Crippen LogP contribution >= 0.6 is 0 Å². The van der Waals surface area contributed by atoms with E-state index in [0.717, 1.165) is 36.4 Å². The predicted octanol–water partition coefficient (Wildman–Crippen LogP) is 0.975. The minimum Gasteiger partial charge on any atom is -0.394 e. The van der Waals surface area contributed by atoms with Crippen molar-refractivity contribution in [2.24, 2.45) is 0 Å². The second-order valence-electron chi connectivity index (χ2n) is 7.83. The SMILES string of the molecule is CCC(O)(Cc1cccc(F)c1F)[C@@H](O)[C@@](O)(Cc1cccc(F)c1F)[C@H](O)[C@@H](O)CO. The highest BCUT2D eigenvalue weighted by molar-refractivity contribution is 5.25. The largest absolute Gasteiger partial charge is 0.394 e. The van der Waals surface area contributed by atoms with E-state index in [0.29, 0.717) is 0 Å². The molecule has 10 heteroatoms. The van der Waals surface area contributed by atoms with E-state index in [4.69, 9.17) is 0 Å². The number of aliphatic hydroxyl groups excluding tert-OH is 4. The summed E-state index contributed by atoms with van der Waals surface area (Å²) in [4.78, 5) is 0. The standard InChI is InChI=1S/C22H26F4O6/c1-2-21(31,9-12-5-3-7-14(23)17(12)25)20(30)22(32,19(29)16(28)11-27)10-13-6-4-8-15(24)18(13)26/h3-8,16,19-20,27-32H,2,9-11H2,1H3/t16-,19+,20+,21?,22+/m0/s1. The number of aliphatic hydroxyl groups is 6. The van der Waals surface area contributed by atoms with Crippen molar-refractivity contribution in [3.05, 3.63) is 70.8 Å². The van der Waals surface area contributed by atoms with Gasteiger partial charge in [0, 0.05) is 12.8 Å². The molecule has 2 aromatic carbocycles. The zero-order valence-corrected chi connectivity index (χ0v) is 17.2. The number of hydrogen-bond donors (Lipinski definition) is 6. The number of benzene rings is 2. The first-order chi connectivity index (χ1) is 14.9. The van der Waals surface area contributed by atoms with Crippen molar-refractivity contribution in [1.82, 2.24) is 0 Å². The molecule has 0 saturated heterocycles. The average molecular weight is 462 g/mol. The third-order valence-corrected chi connectivity index (χ3v) is 5.69.